The molecular formula is C23H24N8O3S. The van der Waals surface area contributed by atoms with Crippen molar-refractivity contribution in [2.75, 3.05) is 37.5 Å². The van der Waals surface area contributed by atoms with Crippen molar-refractivity contribution in [3.8, 4) is 17.8 Å². The summed E-state index contributed by atoms with van der Waals surface area (Å²) >= 11 is 5.47. The summed E-state index contributed by atoms with van der Waals surface area (Å²) in [6, 6.07) is 16.8. The lowest BCUT2D eigenvalue weighted by Gasteiger charge is -2.20. The van der Waals surface area contributed by atoms with Crippen molar-refractivity contribution in [1.82, 2.24) is 25.5 Å². The van der Waals surface area contributed by atoms with Crippen LogP contribution in [0.4, 0.5) is 11.4 Å². The van der Waals surface area contributed by atoms with Crippen molar-refractivity contribution in [3.05, 3.63) is 54.1 Å². The quantitative estimate of drug-likeness (QED) is 0.492. The molecule has 2 aromatic carbocycles. The normalized spacial score (nSPS) is 22.8. The Kier molecular flexibility index (Phi) is 6.45. The molecule has 0 aliphatic carbocycles. The van der Waals surface area contributed by atoms with Crippen LogP contribution in [0.5, 0.6) is 11.8 Å². The summed E-state index contributed by atoms with van der Waals surface area (Å²) in [4.78, 5) is 1.99. The van der Waals surface area contributed by atoms with E-state index in [0.717, 1.165) is 11.4 Å². The topological polar surface area (TPSA) is 122 Å². The zero-order valence-electron chi connectivity index (χ0n) is 19.2. The Balaban J connectivity index is 1.24. The first-order valence-corrected chi connectivity index (χ1v) is 11.5. The summed E-state index contributed by atoms with van der Waals surface area (Å²) in [6.07, 6.45) is -0.504. The van der Waals surface area contributed by atoms with Crippen LogP contribution < -0.4 is 20.3 Å². The number of rotatable bonds is 6. The van der Waals surface area contributed by atoms with Crippen LogP contribution in [0.25, 0.3) is 0 Å². The number of nitrogens with zero attached hydrogens (tertiary/aromatic N) is 6. The molecule has 4 atom stereocenters. The van der Waals surface area contributed by atoms with Crippen LogP contribution in [0, 0.1) is 11.3 Å². The molecule has 2 N–H and O–H groups in total. The number of aromatic nitrogens is 4. The Morgan fingerprint density at radius 1 is 1.17 bits per heavy atom. The van der Waals surface area contributed by atoms with E-state index in [1.807, 2.05) is 49.3 Å². The lowest BCUT2D eigenvalue weighted by atomic mass is 10.1. The fourth-order valence-corrected chi connectivity index (χ4v) is 4.48. The molecule has 3 aromatic rings. The van der Waals surface area contributed by atoms with Gasteiger partial charge in [-0.2, -0.15) is 9.94 Å². The zero-order valence-corrected chi connectivity index (χ0v) is 20.0. The summed E-state index contributed by atoms with van der Waals surface area (Å²) in [6.45, 7) is 0.784. The van der Waals surface area contributed by atoms with E-state index >= 15 is 0 Å². The molecule has 11 nitrogen and oxygen atoms in total. The van der Waals surface area contributed by atoms with Gasteiger partial charge in [0.2, 0.25) is 0 Å². The molecule has 4 unspecified atom stereocenters. The highest BCUT2D eigenvalue weighted by atomic mass is 32.1. The Morgan fingerprint density at radius 2 is 2.00 bits per heavy atom. The molecular weight excluding hydrogens is 468 g/mol. The van der Waals surface area contributed by atoms with Gasteiger partial charge < -0.3 is 29.7 Å². The molecule has 2 aliphatic rings. The first-order chi connectivity index (χ1) is 17.0. The monoisotopic (exact) mass is 492 g/mol. The fraction of sp³-hybridized carbons (Fsp3) is 0.348. The third-order valence-electron chi connectivity index (χ3n) is 5.91. The zero-order chi connectivity index (χ0) is 24.4. The average molecular weight is 493 g/mol. The molecule has 5 rings (SSSR count). The first kappa shape index (κ1) is 23.0. The summed E-state index contributed by atoms with van der Waals surface area (Å²) in [5, 5.41) is 27.9. The van der Waals surface area contributed by atoms with E-state index in [0.29, 0.717) is 29.6 Å². The van der Waals surface area contributed by atoms with Crippen LogP contribution in [-0.2, 0) is 9.47 Å². The van der Waals surface area contributed by atoms with E-state index in [2.05, 4.69) is 32.2 Å². The maximum absolute atomic E-state index is 9.08. The van der Waals surface area contributed by atoms with Gasteiger partial charge in [0.1, 0.15) is 24.0 Å². The van der Waals surface area contributed by atoms with E-state index in [4.69, 9.17) is 31.7 Å². The summed E-state index contributed by atoms with van der Waals surface area (Å²) in [5.41, 5.74) is 2.29. The fourth-order valence-electron chi connectivity index (χ4n) is 4.21. The third kappa shape index (κ3) is 4.88. The van der Waals surface area contributed by atoms with E-state index in [-0.39, 0.29) is 30.3 Å². The van der Waals surface area contributed by atoms with Crippen molar-refractivity contribution in [2.45, 2.75) is 24.3 Å². The number of fused-ring (bicyclic) bond motifs is 1. The maximum atomic E-state index is 9.08. The Morgan fingerprint density at radius 3 is 2.83 bits per heavy atom. The van der Waals surface area contributed by atoms with Gasteiger partial charge in [0.15, 0.2) is 5.11 Å². The van der Waals surface area contributed by atoms with Crippen LogP contribution in [0.1, 0.15) is 11.6 Å². The summed E-state index contributed by atoms with van der Waals surface area (Å²) in [7, 11) is 3.93. The van der Waals surface area contributed by atoms with E-state index in [1.165, 1.54) is 0 Å². The smallest absolute Gasteiger partial charge is 0.341 e. The molecule has 12 heteroatoms. The van der Waals surface area contributed by atoms with Crippen molar-refractivity contribution in [2.24, 2.45) is 0 Å². The standard InChI is InChI=1S/C23H24N8O3S/c1-30(2)16-7-4-8-17(10-16)34-23-27-28-29-31(23)19-13-33-20-18(12-32-21(19)20)26-22(35)25-15-6-3-5-14(9-15)11-24/h3-10,18-21H,12-13H2,1-2H3,(H2,25,26,35). The molecule has 0 bridgehead atoms. The predicted molar refractivity (Wildman–Crippen MR) is 131 cm³/mol. The molecule has 0 spiro atoms. The minimum Gasteiger partial charge on any atom is -0.423 e. The SMILES string of the molecule is CN(C)c1cccc(Oc2nnnn2C2COC3C(NC(=S)Nc4cccc(C#N)c4)COC32)c1. The van der Waals surface area contributed by atoms with Gasteiger partial charge in [0.25, 0.3) is 0 Å². The number of nitrogens with one attached hydrogen (secondary N) is 2. The minimum absolute atomic E-state index is 0.151. The Labute approximate surface area is 207 Å². The van der Waals surface area contributed by atoms with Gasteiger partial charge in [-0.15, -0.1) is 0 Å². The average Bonchev–Trinajstić information content (AvgIpc) is 3.57. The number of tetrazole rings is 1. The second-order valence-electron chi connectivity index (χ2n) is 8.46. The molecule has 2 saturated heterocycles. The Bertz CT molecular complexity index is 1260. The predicted octanol–water partition coefficient (Wildman–Crippen LogP) is 2.10. The number of anilines is 2. The third-order valence-corrected chi connectivity index (χ3v) is 6.13. The van der Waals surface area contributed by atoms with Gasteiger partial charge in [-0.25, -0.2) is 0 Å². The minimum atomic E-state index is -0.267. The molecule has 0 radical (unpaired) electrons. The van der Waals surface area contributed by atoms with Crippen LogP contribution in [0.3, 0.4) is 0 Å². The van der Waals surface area contributed by atoms with Gasteiger partial charge in [0.05, 0.1) is 30.9 Å². The second kappa shape index (κ2) is 9.83. The van der Waals surface area contributed by atoms with Crippen molar-refractivity contribution in [1.29, 1.82) is 5.26 Å². The molecule has 35 heavy (non-hydrogen) atoms. The lowest BCUT2D eigenvalue weighted by molar-refractivity contribution is 0.0615. The number of ether oxygens (including phenoxy) is 3. The molecule has 0 saturated carbocycles. The van der Waals surface area contributed by atoms with Crippen LogP contribution in [0.15, 0.2) is 48.5 Å². The van der Waals surface area contributed by atoms with Gasteiger partial charge >= 0.3 is 6.01 Å². The molecule has 2 aliphatic heterocycles. The number of nitriles is 1. The number of hydrogen-bond acceptors (Lipinski definition) is 9. The number of thiocarbonyl (C=S) groups is 1. The molecule has 180 valence electrons. The highest BCUT2D eigenvalue weighted by molar-refractivity contribution is 7.80. The van der Waals surface area contributed by atoms with Gasteiger partial charge in [-0.1, -0.05) is 17.2 Å². The highest BCUT2D eigenvalue weighted by Gasteiger charge is 2.50. The van der Waals surface area contributed by atoms with E-state index < -0.39 is 0 Å². The number of hydrogen-bond donors (Lipinski definition) is 2. The van der Waals surface area contributed by atoms with Crippen molar-refractivity contribution in [3.63, 3.8) is 0 Å². The van der Waals surface area contributed by atoms with Crippen LogP contribution >= 0.6 is 12.2 Å². The molecule has 0 amide bonds. The van der Waals surface area contributed by atoms with Gasteiger partial charge in [0, 0.05) is 31.5 Å². The summed E-state index contributed by atoms with van der Waals surface area (Å²) < 4.78 is 19.8. The second-order valence-corrected chi connectivity index (χ2v) is 8.87. The van der Waals surface area contributed by atoms with Crippen molar-refractivity contribution >= 4 is 28.7 Å². The molecule has 3 heterocycles. The maximum Gasteiger partial charge on any atom is 0.341 e. The Hall–Kier alpha value is -3.79. The van der Waals surface area contributed by atoms with Crippen molar-refractivity contribution < 1.29 is 14.2 Å². The lowest BCUT2D eigenvalue weighted by Crippen LogP contribution is -2.45. The molecule has 1 aromatic heterocycles. The number of benzene rings is 2. The highest BCUT2D eigenvalue weighted by Crippen LogP contribution is 2.36. The van der Waals surface area contributed by atoms with E-state index in [9.17, 15) is 0 Å². The van der Waals surface area contributed by atoms with Crippen LogP contribution in [0.2, 0.25) is 0 Å². The summed E-state index contributed by atoms with van der Waals surface area (Å²) in [5.74, 6) is 0.631. The van der Waals surface area contributed by atoms with Crippen LogP contribution in [-0.4, -0.2) is 70.9 Å². The van der Waals surface area contributed by atoms with Gasteiger partial charge in [-0.3, -0.25) is 0 Å². The first-order valence-electron chi connectivity index (χ1n) is 11.1. The molecule has 2 fully saturated rings. The largest absolute Gasteiger partial charge is 0.423 e. The van der Waals surface area contributed by atoms with Gasteiger partial charge in [-0.05, 0) is 53.0 Å². The van der Waals surface area contributed by atoms with E-state index in [1.54, 1.807) is 22.9 Å².